The van der Waals surface area contributed by atoms with Crippen LogP contribution in [0.1, 0.15) is 38.2 Å². The van der Waals surface area contributed by atoms with Crippen molar-refractivity contribution in [1.29, 1.82) is 0 Å². The van der Waals surface area contributed by atoms with E-state index in [0.29, 0.717) is 5.92 Å². The maximum atomic E-state index is 11.1. The number of anilines is 1. The van der Waals surface area contributed by atoms with Crippen LogP contribution in [0.4, 0.5) is 5.82 Å². The molecule has 0 saturated carbocycles. The maximum Gasteiger partial charge on any atom is 0.354 e. The molecule has 0 radical (unpaired) electrons. The van der Waals surface area contributed by atoms with Gasteiger partial charge in [-0.1, -0.05) is 33.8 Å². The van der Waals surface area contributed by atoms with Gasteiger partial charge in [-0.25, -0.2) is 9.78 Å². The topological polar surface area (TPSA) is 56.7 Å². The van der Waals surface area contributed by atoms with Gasteiger partial charge in [0, 0.05) is 19.6 Å². The van der Waals surface area contributed by atoms with Gasteiger partial charge in [0.25, 0.3) is 0 Å². The third kappa shape index (κ3) is 5.71. The van der Waals surface area contributed by atoms with E-state index in [2.05, 4.69) is 42.5 Å². The van der Waals surface area contributed by atoms with Crippen molar-refractivity contribution in [1.82, 2.24) is 9.88 Å². The third-order valence-corrected chi connectivity index (χ3v) is 3.44. The summed E-state index contributed by atoms with van der Waals surface area (Å²) in [6.07, 6.45) is 0. The summed E-state index contributed by atoms with van der Waals surface area (Å²) in [5.74, 6) is 0.262. The van der Waals surface area contributed by atoms with Crippen molar-refractivity contribution >= 4 is 11.8 Å². The molecule has 0 atom stereocenters. The van der Waals surface area contributed by atoms with E-state index in [-0.39, 0.29) is 5.69 Å². The predicted molar refractivity (Wildman–Crippen MR) is 86.0 cm³/mol. The van der Waals surface area contributed by atoms with Gasteiger partial charge >= 0.3 is 5.97 Å². The normalized spacial score (nSPS) is 11.1. The summed E-state index contributed by atoms with van der Waals surface area (Å²) >= 11 is 0. The van der Waals surface area contributed by atoms with Gasteiger partial charge in [-0.2, -0.15) is 0 Å². The highest BCUT2D eigenvalue weighted by Gasteiger charge is 2.13. The van der Waals surface area contributed by atoms with Crippen LogP contribution in [0.2, 0.25) is 0 Å². The zero-order chi connectivity index (χ0) is 15.8. The molecular formula is C16H27N3O2. The zero-order valence-corrected chi connectivity index (χ0v) is 13.5. The summed E-state index contributed by atoms with van der Waals surface area (Å²) in [5.41, 5.74) is 0.101. The van der Waals surface area contributed by atoms with E-state index in [1.54, 1.807) is 6.07 Å². The highest BCUT2D eigenvalue weighted by atomic mass is 16.4. The first-order valence-electron chi connectivity index (χ1n) is 7.65. The highest BCUT2D eigenvalue weighted by Crippen LogP contribution is 2.14. The summed E-state index contributed by atoms with van der Waals surface area (Å²) in [7, 11) is 0. The molecule has 0 aliphatic carbocycles. The van der Waals surface area contributed by atoms with Crippen molar-refractivity contribution in [3.8, 4) is 0 Å². The number of hydrogen-bond acceptors (Lipinski definition) is 4. The van der Waals surface area contributed by atoms with Crippen LogP contribution in [0.3, 0.4) is 0 Å². The van der Waals surface area contributed by atoms with Crippen LogP contribution in [0.25, 0.3) is 0 Å². The zero-order valence-electron chi connectivity index (χ0n) is 13.5. The molecular weight excluding hydrogens is 266 g/mol. The Balaban J connectivity index is 2.86. The number of likely N-dealkylation sites (N-methyl/N-ethyl adjacent to an activating group) is 1. The Hall–Kier alpha value is -1.62. The molecule has 0 spiro atoms. The van der Waals surface area contributed by atoms with E-state index < -0.39 is 5.97 Å². The van der Waals surface area contributed by atoms with Gasteiger partial charge in [-0.3, -0.25) is 0 Å². The lowest BCUT2D eigenvalue weighted by molar-refractivity contribution is 0.0690. The number of nitrogens with zero attached hydrogens (tertiary/aromatic N) is 3. The molecule has 5 heteroatoms. The van der Waals surface area contributed by atoms with Crippen LogP contribution < -0.4 is 4.90 Å². The van der Waals surface area contributed by atoms with E-state index in [1.165, 1.54) is 6.07 Å². The number of aromatic nitrogens is 1. The summed E-state index contributed by atoms with van der Waals surface area (Å²) in [4.78, 5) is 19.9. The van der Waals surface area contributed by atoms with Gasteiger partial charge in [0.2, 0.25) is 0 Å². The van der Waals surface area contributed by atoms with E-state index in [9.17, 15) is 4.79 Å². The molecule has 0 aliphatic heterocycles. The molecule has 1 aromatic heterocycles. The molecule has 5 nitrogen and oxygen atoms in total. The van der Waals surface area contributed by atoms with Gasteiger partial charge < -0.3 is 14.9 Å². The Bertz CT molecular complexity index is 445. The second kappa shape index (κ2) is 8.62. The second-order valence-corrected chi connectivity index (χ2v) is 5.55. The first kappa shape index (κ1) is 17.4. The van der Waals surface area contributed by atoms with Gasteiger partial charge in [-0.05, 0) is 31.1 Å². The molecule has 0 aromatic carbocycles. The average molecular weight is 293 g/mol. The van der Waals surface area contributed by atoms with Crippen LogP contribution in [0, 0.1) is 5.92 Å². The molecule has 0 unspecified atom stereocenters. The smallest absolute Gasteiger partial charge is 0.354 e. The van der Waals surface area contributed by atoms with E-state index >= 15 is 0 Å². The lowest BCUT2D eigenvalue weighted by Crippen LogP contribution is -2.37. The van der Waals surface area contributed by atoms with Crippen LogP contribution >= 0.6 is 0 Å². The molecule has 0 aliphatic rings. The second-order valence-electron chi connectivity index (χ2n) is 5.55. The molecule has 21 heavy (non-hydrogen) atoms. The molecule has 1 N–H and O–H groups in total. The van der Waals surface area contributed by atoms with Crippen molar-refractivity contribution < 1.29 is 9.90 Å². The molecule has 1 rings (SSSR count). The average Bonchev–Trinajstić information content (AvgIpc) is 2.46. The molecule has 1 aromatic rings. The Kier molecular flexibility index (Phi) is 7.15. The van der Waals surface area contributed by atoms with Gasteiger partial charge in [0.1, 0.15) is 5.82 Å². The molecule has 118 valence electrons. The van der Waals surface area contributed by atoms with E-state index in [4.69, 9.17) is 5.11 Å². The fourth-order valence-corrected chi connectivity index (χ4v) is 2.26. The number of carboxylic acid groups (broad SMARTS) is 1. The molecule has 0 saturated heterocycles. The van der Waals surface area contributed by atoms with Gasteiger partial charge in [-0.15, -0.1) is 0 Å². The number of aromatic carboxylic acids is 1. The Labute approximate surface area is 127 Å². The van der Waals surface area contributed by atoms with Crippen molar-refractivity contribution in [2.45, 2.75) is 27.7 Å². The van der Waals surface area contributed by atoms with Gasteiger partial charge in [0.15, 0.2) is 5.69 Å². The van der Waals surface area contributed by atoms with Crippen molar-refractivity contribution in [2.24, 2.45) is 5.92 Å². The van der Waals surface area contributed by atoms with Crippen molar-refractivity contribution in [3.63, 3.8) is 0 Å². The first-order chi connectivity index (χ1) is 9.97. The minimum atomic E-state index is -0.981. The largest absolute Gasteiger partial charge is 0.477 e. The molecule has 1 heterocycles. The molecule has 0 amide bonds. The molecule has 0 fully saturated rings. The SMILES string of the molecule is CCN(CC)CCN(CC(C)C)c1cccc(C(=O)O)n1. The van der Waals surface area contributed by atoms with E-state index in [1.807, 2.05) is 6.07 Å². The van der Waals surface area contributed by atoms with Crippen LogP contribution in [-0.2, 0) is 0 Å². The number of carbonyl (C=O) groups is 1. The summed E-state index contributed by atoms with van der Waals surface area (Å²) in [6, 6.07) is 5.18. The quantitative estimate of drug-likeness (QED) is 0.758. The van der Waals surface area contributed by atoms with Crippen LogP contribution in [0.15, 0.2) is 18.2 Å². The lowest BCUT2D eigenvalue weighted by atomic mass is 10.2. The summed E-state index contributed by atoms with van der Waals surface area (Å²) in [5, 5.41) is 9.08. The Morgan fingerprint density at radius 3 is 2.43 bits per heavy atom. The van der Waals surface area contributed by atoms with Crippen molar-refractivity contribution in [2.75, 3.05) is 37.6 Å². The minimum absolute atomic E-state index is 0.101. The summed E-state index contributed by atoms with van der Waals surface area (Å²) < 4.78 is 0. The standard InChI is InChI=1S/C16H27N3O2/c1-5-18(6-2)10-11-19(12-13(3)4)15-9-7-8-14(17-15)16(20)21/h7-9,13H,5-6,10-12H2,1-4H3,(H,20,21). The van der Waals surface area contributed by atoms with Crippen molar-refractivity contribution in [3.05, 3.63) is 23.9 Å². The number of rotatable bonds is 9. The van der Waals surface area contributed by atoms with Crippen LogP contribution in [-0.4, -0.2) is 53.7 Å². The summed E-state index contributed by atoms with van der Waals surface area (Å²) in [6.45, 7) is 13.4. The van der Waals surface area contributed by atoms with Gasteiger partial charge in [0.05, 0.1) is 0 Å². The van der Waals surface area contributed by atoms with E-state index in [0.717, 1.165) is 38.5 Å². The monoisotopic (exact) mass is 293 g/mol. The third-order valence-electron chi connectivity index (χ3n) is 3.44. The highest BCUT2D eigenvalue weighted by molar-refractivity contribution is 5.85. The Morgan fingerprint density at radius 2 is 1.90 bits per heavy atom. The maximum absolute atomic E-state index is 11.1. The van der Waals surface area contributed by atoms with Crippen LogP contribution in [0.5, 0.6) is 0 Å². The fraction of sp³-hybridized carbons (Fsp3) is 0.625. The fourth-order valence-electron chi connectivity index (χ4n) is 2.26. The first-order valence-corrected chi connectivity index (χ1v) is 7.65. The lowest BCUT2D eigenvalue weighted by Gasteiger charge is -2.28. The number of hydrogen-bond donors (Lipinski definition) is 1. The number of pyridine rings is 1. The molecule has 0 bridgehead atoms. The Morgan fingerprint density at radius 1 is 1.24 bits per heavy atom. The predicted octanol–water partition coefficient (Wildman–Crippen LogP) is 2.58. The minimum Gasteiger partial charge on any atom is -0.477 e. The number of carboxylic acids is 1.